The number of hydrogen-bond acceptors (Lipinski definition) is 4. The SMILES string of the molecule is CCC(C)CC(C)NS(=O)(=O)CCN1CCNCC1. The summed E-state index contributed by atoms with van der Waals surface area (Å²) in [6, 6.07) is 0.0305. The van der Waals surface area contributed by atoms with Gasteiger partial charge in [0.1, 0.15) is 0 Å². The molecule has 2 unspecified atom stereocenters. The molecule has 1 aliphatic rings. The van der Waals surface area contributed by atoms with Crippen LogP contribution in [0.3, 0.4) is 0 Å². The van der Waals surface area contributed by atoms with Crippen LogP contribution in [0.5, 0.6) is 0 Å². The van der Waals surface area contributed by atoms with Gasteiger partial charge in [-0.25, -0.2) is 13.1 Å². The topological polar surface area (TPSA) is 61.4 Å². The highest BCUT2D eigenvalue weighted by atomic mass is 32.2. The monoisotopic (exact) mass is 291 g/mol. The molecule has 0 amide bonds. The maximum atomic E-state index is 12.0. The molecule has 2 atom stereocenters. The highest BCUT2D eigenvalue weighted by molar-refractivity contribution is 7.89. The first kappa shape index (κ1) is 16.9. The van der Waals surface area contributed by atoms with E-state index in [1.165, 1.54) is 0 Å². The van der Waals surface area contributed by atoms with Crippen LogP contribution in [0, 0.1) is 5.92 Å². The van der Waals surface area contributed by atoms with Crippen molar-refractivity contribution in [3.8, 4) is 0 Å². The maximum absolute atomic E-state index is 12.0. The summed E-state index contributed by atoms with van der Waals surface area (Å²) >= 11 is 0. The smallest absolute Gasteiger partial charge is 0.213 e. The molecule has 114 valence electrons. The standard InChI is InChI=1S/C13H29N3O2S/c1-4-12(2)11-13(3)15-19(17,18)10-9-16-7-5-14-6-8-16/h12-15H,4-11H2,1-3H3. The lowest BCUT2D eigenvalue weighted by molar-refractivity contribution is 0.253. The number of sulfonamides is 1. The lowest BCUT2D eigenvalue weighted by Crippen LogP contribution is -2.46. The Hall–Kier alpha value is -0.170. The molecule has 5 nitrogen and oxygen atoms in total. The van der Waals surface area contributed by atoms with Gasteiger partial charge in [0.05, 0.1) is 5.75 Å². The van der Waals surface area contributed by atoms with Crippen LogP contribution in [0.4, 0.5) is 0 Å². The number of piperazine rings is 1. The molecule has 0 saturated carbocycles. The fraction of sp³-hybridized carbons (Fsp3) is 1.00. The second-order valence-corrected chi connectivity index (χ2v) is 7.55. The van der Waals surface area contributed by atoms with Crippen molar-refractivity contribution in [3.05, 3.63) is 0 Å². The van der Waals surface area contributed by atoms with E-state index in [2.05, 4.69) is 28.8 Å². The molecule has 0 radical (unpaired) electrons. The first-order valence-electron chi connectivity index (χ1n) is 7.36. The molecule has 1 saturated heterocycles. The molecular weight excluding hydrogens is 262 g/mol. The van der Waals surface area contributed by atoms with Crippen LogP contribution in [0.15, 0.2) is 0 Å². The van der Waals surface area contributed by atoms with Gasteiger partial charge in [-0.3, -0.25) is 4.90 Å². The quantitative estimate of drug-likeness (QED) is 0.689. The lowest BCUT2D eigenvalue weighted by atomic mass is 10.0. The normalized spacial score (nSPS) is 21.2. The highest BCUT2D eigenvalue weighted by Crippen LogP contribution is 2.10. The fourth-order valence-electron chi connectivity index (χ4n) is 2.37. The predicted molar refractivity (Wildman–Crippen MR) is 79.8 cm³/mol. The molecule has 0 aromatic heterocycles. The second-order valence-electron chi connectivity index (χ2n) is 5.68. The van der Waals surface area contributed by atoms with Gasteiger partial charge >= 0.3 is 0 Å². The van der Waals surface area contributed by atoms with Gasteiger partial charge in [-0.1, -0.05) is 20.3 Å². The lowest BCUT2D eigenvalue weighted by Gasteiger charge is -2.27. The molecule has 0 aromatic rings. The molecule has 0 aromatic carbocycles. The van der Waals surface area contributed by atoms with Crippen LogP contribution in [-0.4, -0.2) is 57.8 Å². The van der Waals surface area contributed by atoms with Gasteiger partial charge in [-0.05, 0) is 19.3 Å². The minimum Gasteiger partial charge on any atom is -0.314 e. The Labute approximate surface area is 118 Å². The van der Waals surface area contributed by atoms with E-state index in [9.17, 15) is 8.42 Å². The average Bonchev–Trinajstić information content (AvgIpc) is 2.37. The molecule has 2 N–H and O–H groups in total. The molecule has 6 heteroatoms. The highest BCUT2D eigenvalue weighted by Gasteiger charge is 2.18. The average molecular weight is 291 g/mol. The molecule has 0 bridgehead atoms. The zero-order chi connectivity index (χ0) is 14.3. The first-order chi connectivity index (χ1) is 8.93. The summed E-state index contributed by atoms with van der Waals surface area (Å²) in [5, 5.41) is 3.27. The van der Waals surface area contributed by atoms with E-state index in [0.29, 0.717) is 12.5 Å². The molecular formula is C13H29N3O2S. The second kappa shape index (κ2) is 8.19. The van der Waals surface area contributed by atoms with Crippen molar-refractivity contribution in [1.29, 1.82) is 0 Å². The number of nitrogens with zero attached hydrogens (tertiary/aromatic N) is 1. The van der Waals surface area contributed by atoms with Crippen molar-refractivity contribution in [1.82, 2.24) is 14.9 Å². The van der Waals surface area contributed by atoms with Gasteiger partial charge in [0.2, 0.25) is 10.0 Å². The molecule has 1 rings (SSSR count). The summed E-state index contributed by atoms with van der Waals surface area (Å²) in [5.41, 5.74) is 0. The van der Waals surface area contributed by atoms with Gasteiger partial charge in [0.15, 0.2) is 0 Å². The molecule has 1 fully saturated rings. The predicted octanol–water partition coefficient (Wildman–Crippen LogP) is 0.636. The van der Waals surface area contributed by atoms with Crippen molar-refractivity contribution in [2.45, 2.75) is 39.7 Å². The maximum Gasteiger partial charge on any atom is 0.213 e. The van der Waals surface area contributed by atoms with Crippen molar-refractivity contribution >= 4 is 10.0 Å². The van der Waals surface area contributed by atoms with Crippen LogP contribution >= 0.6 is 0 Å². The van der Waals surface area contributed by atoms with E-state index >= 15 is 0 Å². The van der Waals surface area contributed by atoms with E-state index in [0.717, 1.165) is 39.0 Å². The van der Waals surface area contributed by atoms with Crippen molar-refractivity contribution in [2.75, 3.05) is 38.5 Å². The van der Waals surface area contributed by atoms with Crippen molar-refractivity contribution < 1.29 is 8.42 Å². The van der Waals surface area contributed by atoms with Gasteiger partial charge in [0, 0.05) is 38.8 Å². The van der Waals surface area contributed by atoms with Crippen LogP contribution in [0.2, 0.25) is 0 Å². The summed E-state index contributed by atoms with van der Waals surface area (Å²) in [6.07, 6.45) is 2.00. The third kappa shape index (κ3) is 7.25. The van der Waals surface area contributed by atoms with Gasteiger partial charge in [-0.15, -0.1) is 0 Å². The Morgan fingerprint density at radius 2 is 1.89 bits per heavy atom. The number of nitrogens with one attached hydrogen (secondary N) is 2. The van der Waals surface area contributed by atoms with Crippen LogP contribution in [-0.2, 0) is 10.0 Å². The van der Waals surface area contributed by atoms with Crippen LogP contribution in [0.1, 0.15) is 33.6 Å². The Kier molecular flexibility index (Phi) is 7.28. The summed E-state index contributed by atoms with van der Waals surface area (Å²) in [5.74, 6) is 0.767. The van der Waals surface area contributed by atoms with Crippen molar-refractivity contribution in [2.24, 2.45) is 5.92 Å². The summed E-state index contributed by atoms with van der Waals surface area (Å²) in [4.78, 5) is 2.20. The number of rotatable bonds is 8. The van der Waals surface area contributed by atoms with E-state index in [1.54, 1.807) is 0 Å². The molecule has 0 aliphatic carbocycles. The Bertz CT molecular complexity index is 340. The molecule has 0 spiro atoms. The Morgan fingerprint density at radius 3 is 2.47 bits per heavy atom. The zero-order valence-electron chi connectivity index (χ0n) is 12.5. The summed E-state index contributed by atoms with van der Waals surface area (Å²) in [6.45, 7) is 10.7. The van der Waals surface area contributed by atoms with E-state index in [4.69, 9.17) is 0 Å². The minimum absolute atomic E-state index is 0.0305. The largest absolute Gasteiger partial charge is 0.314 e. The molecule has 1 heterocycles. The minimum atomic E-state index is -3.15. The van der Waals surface area contributed by atoms with Gasteiger partial charge in [0.25, 0.3) is 0 Å². The number of hydrogen-bond donors (Lipinski definition) is 2. The Balaban J connectivity index is 2.30. The third-order valence-electron chi connectivity index (χ3n) is 3.72. The first-order valence-corrected chi connectivity index (χ1v) is 9.01. The van der Waals surface area contributed by atoms with E-state index < -0.39 is 10.0 Å². The third-order valence-corrected chi connectivity index (χ3v) is 5.20. The summed E-state index contributed by atoms with van der Waals surface area (Å²) in [7, 11) is -3.15. The van der Waals surface area contributed by atoms with E-state index in [1.807, 2.05) is 6.92 Å². The van der Waals surface area contributed by atoms with Gasteiger partial charge < -0.3 is 5.32 Å². The summed E-state index contributed by atoms with van der Waals surface area (Å²) < 4.78 is 26.8. The van der Waals surface area contributed by atoms with Crippen molar-refractivity contribution in [3.63, 3.8) is 0 Å². The van der Waals surface area contributed by atoms with E-state index in [-0.39, 0.29) is 11.8 Å². The van der Waals surface area contributed by atoms with Crippen LogP contribution in [0.25, 0.3) is 0 Å². The fourth-order valence-corrected chi connectivity index (χ4v) is 3.69. The molecule has 19 heavy (non-hydrogen) atoms. The zero-order valence-corrected chi connectivity index (χ0v) is 13.3. The van der Waals surface area contributed by atoms with Crippen LogP contribution < -0.4 is 10.0 Å². The molecule has 1 aliphatic heterocycles. The Morgan fingerprint density at radius 1 is 1.26 bits per heavy atom. The van der Waals surface area contributed by atoms with Gasteiger partial charge in [-0.2, -0.15) is 0 Å².